The minimum absolute atomic E-state index is 0.0648. The Hall–Kier alpha value is -0.150. The van der Waals surface area contributed by atoms with Gasteiger partial charge in [-0.2, -0.15) is 0 Å². The van der Waals surface area contributed by atoms with Crippen LogP contribution >= 0.6 is 0 Å². The van der Waals surface area contributed by atoms with Crippen LogP contribution in [0.4, 0.5) is 0 Å². The van der Waals surface area contributed by atoms with E-state index in [0.717, 1.165) is 5.37 Å². The molecule has 35 valence electrons. The lowest BCUT2D eigenvalue weighted by molar-refractivity contribution is 0.367. The van der Waals surface area contributed by atoms with Crippen LogP contribution < -0.4 is 0 Å². The zero-order valence-electron chi connectivity index (χ0n) is 3.34. The molecule has 1 radical (unpaired) electrons. The third-order valence-corrected chi connectivity index (χ3v) is 0.656. The molecular formula is C3H5O2S. The van der Waals surface area contributed by atoms with Gasteiger partial charge in [0.25, 0.3) is 0 Å². The van der Waals surface area contributed by atoms with Crippen molar-refractivity contribution in [3.63, 3.8) is 0 Å². The predicted molar refractivity (Wildman–Crippen MR) is 25.1 cm³/mol. The second kappa shape index (κ2) is 3.06. The molecule has 0 amide bonds. The van der Waals surface area contributed by atoms with Gasteiger partial charge in [0.2, 0.25) is 0 Å². The summed E-state index contributed by atoms with van der Waals surface area (Å²) in [5.41, 5.74) is 0. The molecule has 6 heavy (non-hydrogen) atoms. The molecule has 0 spiro atoms. The zero-order chi connectivity index (χ0) is 4.99. The Morgan fingerprint density at radius 2 is 2.50 bits per heavy atom. The number of aliphatic hydroxyl groups excluding tert-OH is 1. The first-order valence-corrected chi connectivity index (χ1v) is 2.22. The molecule has 0 atom stereocenters. The lowest BCUT2D eigenvalue weighted by Crippen LogP contribution is -1.86. The fourth-order valence-electron chi connectivity index (χ4n) is 0.0696. The zero-order valence-corrected chi connectivity index (χ0v) is 4.16. The third-order valence-electron chi connectivity index (χ3n) is 0.219. The smallest absolute Gasteiger partial charge is 0.125 e. The number of hydrogen-bond acceptors (Lipinski definition) is 2. The van der Waals surface area contributed by atoms with Crippen molar-refractivity contribution < 1.29 is 9.32 Å². The minimum atomic E-state index is 0.0648. The predicted octanol–water partition coefficient (Wildman–Crippen LogP) is -0.0740. The van der Waals surface area contributed by atoms with Crippen molar-refractivity contribution in [1.82, 2.24) is 0 Å². The van der Waals surface area contributed by atoms with E-state index in [2.05, 4.69) is 0 Å². The molecule has 0 aliphatic heterocycles. The van der Waals surface area contributed by atoms with Gasteiger partial charge in [-0.3, -0.25) is 0 Å². The minimum Gasteiger partial charge on any atom is -0.382 e. The van der Waals surface area contributed by atoms with Crippen molar-refractivity contribution in [2.75, 3.05) is 0 Å². The largest absolute Gasteiger partial charge is 0.382 e. The molecule has 0 unspecified atom stereocenters. The summed E-state index contributed by atoms with van der Waals surface area (Å²) in [5, 5.41) is 9.32. The van der Waals surface area contributed by atoms with Crippen LogP contribution in [0.15, 0.2) is 0 Å². The average molecular weight is 105 g/mol. The van der Waals surface area contributed by atoms with Gasteiger partial charge in [0, 0.05) is 5.37 Å². The summed E-state index contributed by atoms with van der Waals surface area (Å²) >= 11 is 0.248. The Balaban J connectivity index is 3.29. The monoisotopic (exact) mass is 105 g/mol. The second-order valence-corrected chi connectivity index (χ2v) is 1.28. The lowest BCUT2D eigenvalue weighted by atomic mass is 10.5. The van der Waals surface area contributed by atoms with Gasteiger partial charge in [0.05, 0.1) is 11.3 Å². The van der Waals surface area contributed by atoms with Crippen LogP contribution in [0, 0.1) is 6.10 Å². The molecule has 0 rings (SSSR count). The molecule has 3 heteroatoms. The second-order valence-electron chi connectivity index (χ2n) is 0.855. The van der Waals surface area contributed by atoms with Crippen LogP contribution in [0.2, 0.25) is 0 Å². The summed E-state index contributed by atoms with van der Waals surface area (Å²) < 4.78 is 9.42. The molecular weight excluding hydrogens is 100 g/mol. The summed E-state index contributed by atoms with van der Waals surface area (Å²) in [6.45, 7) is 1.45. The summed E-state index contributed by atoms with van der Waals surface area (Å²) in [4.78, 5) is 0. The topological polar surface area (TPSA) is 37.3 Å². The Kier molecular flexibility index (Phi) is 2.98. The fourth-order valence-corrected chi connectivity index (χ4v) is 0.209. The van der Waals surface area contributed by atoms with Crippen molar-refractivity contribution in [2.45, 2.75) is 6.92 Å². The number of rotatable bonds is 1. The molecule has 0 bridgehead atoms. The Morgan fingerprint density at radius 1 is 2.00 bits per heavy atom. The SMILES string of the molecule is C[C](O)C=S=O. The maximum Gasteiger partial charge on any atom is 0.125 e. The van der Waals surface area contributed by atoms with E-state index in [9.17, 15) is 4.21 Å². The van der Waals surface area contributed by atoms with Crippen molar-refractivity contribution in [2.24, 2.45) is 0 Å². The Labute approximate surface area is 39.9 Å². The van der Waals surface area contributed by atoms with Gasteiger partial charge in [-0.05, 0) is 6.92 Å². The molecule has 0 aromatic rings. The highest BCUT2D eigenvalue weighted by molar-refractivity contribution is 7.65. The van der Waals surface area contributed by atoms with E-state index in [1.165, 1.54) is 6.92 Å². The van der Waals surface area contributed by atoms with E-state index in [0.29, 0.717) is 0 Å². The maximum absolute atomic E-state index is 9.42. The van der Waals surface area contributed by atoms with Gasteiger partial charge < -0.3 is 5.11 Å². The van der Waals surface area contributed by atoms with Gasteiger partial charge in [-0.25, -0.2) is 4.21 Å². The Bertz CT molecular complexity index is 72.9. The summed E-state index contributed by atoms with van der Waals surface area (Å²) in [6, 6.07) is 0. The van der Waals surface area contributed by atoms with Crippen molar-refractivity contribution in [3.05, 3.63) is 6.10 Å². The van der Waals surface area contributed by atoms with Gasteiger partial charge in [-0.1, -0.05) is 0 Å². The molecule has 0 aromatic carbocycles. The average Bonchev–Trinajstić information content (AvgIpc) is 1.35. The van der Waals surface area contributed by atoms with Gasteiger partial charge >= 0.3 is 0 Å². The fraction of sp³-hybridized carbons (Fsp3) is 0.333. The van der Waals surface area contributed by atoms with Crippen LogP contribution in [0.3, 0.4) is 0 Å². The summed E-state index contributed by atoms with van der Waals surface area (Å²) in [7, 11) is 0. The van der Waals surface area contributed by atoms with Gasteiger partial charge in [0.1, 0.15) is 6.10 Å². The molecule has 2 nitrogen and oxygen atoms in total. The number of aliphatic hydroxyl groups is 1. The van der Waals surface area contributed by atoms with E-state index in [1.54, 1.807) is 0 Å². The number of hydrogen-bond donors (Lipinski definition) is 1. The molecule has 0 fully saturated rings. The summed E-state index contributed by atoms with van der Waals surface area (Å²) in [6.07, 6.45) is 0.0648. The molecule has 0 heterocycles. The van der Waals surface area contributed by atoms with Crippen LogP contribution in [0.1, 0.15) is 6.92 Å². The highest BCUT2D eigenvalue weighted by Gasteiger charge is 1.82. The first-order chi connectivity index (χ1) is 2.77. The lowest BCUT2D eigenvalue weighted by Gasteiger charge is -1.80. The van der Waals surface area contributed by atoms with Crippen LogP contribution in [0.25, 0.3) is 0 Å². The van der Waals surface area contributed by atoms with E-state index in [-0.39, 0.29) is 17.4 Å². The first-order valence-electron chi connectivity index (χ1n) is 1.41. The standard InChI is InChI=1S/C3H5O2S/c1-3(4)2-6-5/h2,4H,1H3. The third kappa shape index (κ3) is 3.85. The maximum atomic E-state index is 9.42. The van der Waals surface area contributed by atoms with E-state index in [1.807, 2.05) is 0 Å². The van der Waals surface area contributed by atoms with Crippen LogP contribution in [0.5, 0.6) is 0 Å². The molecule has 0 saturated heterocycles. The van der Waals surface area contributed by atoms with E-state index in [4.69, 9.17) is 5.11 Å². The first kappa shape index (κ1) is 5.85. The van der Waals surface area contributed by atoms with Crippen molar-refractivity contribution in [1.29, 1.82) is 0 Å². The van der Waals surface area contributed by atoms with Crippen LogP contribution in [-0.2, 0) is 11.3 Å². The van der Waals surface area contributed by atoms with E-state index >= 15 is 0 Å². The quantitative estimate of drug-likeness (QED) is 0.474. The van der Waals surface area contributed by atoms with Crippen LogP contribution in [-0.4, -0.2) is 14.7 Å². The summed E-state index contributed by atoms with van der Waals surface area (Å²) in [5.74, 6) is 0. The normalized spacial score (nSPS) is 8.50. The molecule has 0 aromatic heterocycles. The van der Waals surface area contributed by atoms with E-state index < -0.39 is 0 Å². The van der Waals surface area contributed by atoms with Gasteiger partial charge in [-0.15, -0.1) is 0 Å². The van der Waals surface area contributed by atoms with Crippen molar-refractivity contribution in [3.8, 4) is 0 Å². The molecule has 0 saturated carbocycles. The Morgan fingerprint density at radius 3 is 2.50 bits per heavy atom. The highest BCUT2D eigenvalue weighted by atomic mass is 32.1. The molecule has 1 N–H and O–H groups in total. The van der Waals surface area contributed by atoms with Crippen molar-refractivity contribution >= 4 is 16.6 Å². The highest BCUT2D eigenvalue weighted by Crippen LogP contribution is 1.77. The molecule has 0 aliphatic rings. The molecule has 0 aliphatic carbocycles. The van der Waals surface area contributed by atoms with Gasteiger partial charge in [0.15, 0.2) is 0 Å².